The summed E-state index contributed by atoms with van der Waals surface area (Å²) >= 11 is 0. The second-order valence-corrected chi connectivity index (χ2v) is 25.1. The summed E-state index contributed by atoms with van der Waals surface area (Å²) in [4.78, 5) is 37.5. The molecule has 2 unspecified atom stereocenters. The van der Waals surface area contributed by atoms with Crippen LogP contribution in [0.4, 0.5) is 0 Å². The first kappa shape index (κ1) is 84.4. The predicted octanol–water partition coefficient (Wildman–Crippen LogP) is 21.6. The number of esters is 2. The molecule has 2 atom stereocenters. The van der Waals surface area contributed by atoms with E-state index >= 15 is 0 Å². The van der Waals surface area contributed by atoms with Gasteiger partial charge < -0.3 is 33.3 Å². The van der Waals surface area contributed by atoms with Crippen LogP contribution in [0.15, 0.2) is 134 Å². The molecule has 0 aliphatic heterocycles. The van der Waals surface area contributed by atoms with E-state index < -0.39 is 24.3 Å². The topological polar surface area (TPSA) is 111 Å². The number of carbonyl (C=O) groups excluding carboxylic acids is 3. The lowest BCUT2D eigenvalue weighted by molar-refractivity contribution is -0.870. The van der Waals surface area contributed by atoms with Crippen molar-refractivity contribution in [3.8, 4) is 0 Å². The second kappa shape index (κ2) is 69.3. The minimum atomic E-state index is -1.63. The van der Waals surface area contributed by atoms with Crippen molar-refractivity contribution in [2.75, 3.05) is 47.5 Å². The molecule has 0 radical (unpaired) electrons. The fourth-order valence-corrected chi connectivity index (χ4v) is 9.92. The van der Waals surface area contributed by atoms with Gasteiger partial charge in [-0.25, -0.2) is 0 Å². The number of unbranched alkanes of at least 4 members (excludes halogenated alkanes) is 29. The van der Waals surface area contributed by atoms with E-state index in [0.29, 0.717) is 17.4 Å². The standard InChI is InChI=1S/C80H135NO8/c1-6-8-10-12-14-16-18-20-22-24-26-28-30-32-34-36-37-38-39-40-41-43-44-46-48-50-52-54-56-58-60-62-64-66-68-70-77(82)87-74-76(75-88-80(79(84)85)86-73-72-81(3,4)5)89-78(83)71-69-67-65-63-61-59-57-55-53-51-49-47-45-42-35-33-31-29-27-25-23-21-19-17-15-13-11-9-7-2/h8-11,14-17,20-23,26-29,32-35,45,47,76,80H,6-7,12-13,18-19,24-25,30-31,36-44,46,48-75H2,1-5H3/b10-8-,11-9-,16-14-,17-15-,22-20-,23-21-,28-26-,29-27-,34-32-,35-33-,47-45-. The van der Waals surface area contributed by atoms with Gasteiger partial charge in [0.15, 0.2) is 12.4 Å². The first-order valence-electron chi connectivity index (χ1n) is 36.3. The summed E-state index contributed by atoms with van der Waals surface area (Å²) in [6.45, 7) is 4.53. The Morgan fingerprint density at radius 3 is 0.899 bits per heavy atom. The van der Waals surface area contributed by atoms with E-state index in [1.54, 1.807) is 0 Å². The van der Waals surface area contributed by atoms with Gasteiger partial charge in [-0.05, 0) is 109 Å². The number of carboxylic acid groups (broad SMARTS) is 1. The largest absolute Gasteiger partial charge is 0.545 e. The van der Waals surface area contributed by atoms with E-state index in [2.05, 4.69) is 148 Å². The summed E-state index contributed by atoms with van der Waals surface area (Å²) in [6.07, 6.45) is 96.8. The van der Waals surface area contributed by atoms with E-state index in [4.69, 9.17) is 18.9 Å². The minimum Gasteiger partial charge on any atom is -0.545 e. The highest BCUT2D eigenvalue weighted by Crippen LogP contribution is 2.17. The summed E-state index contributed by atoms with van der Waals surface area (Å²) in [5.74, 6) is -2.29. The molecule has 0 spiro atoms. The van der Waals surface area contributed by atoms with Gasteiger partial charge in [0.2, 0.25) is 0 Å². The van der Waals surface area contributed by atoms with Crippen LogP contribution in [0, 0.1) is 0 Å². The van der Waals surface area contributed by atoms with Gasteiger partial charge in [-0.3, -0.25) is 9.59 Å². The lowest BCUT2D eigenvalue weighted by atomic mass is 10.0. The molecule has 0 saturated heterocycles. The van der Waals surface area contributed by atoms with Crippen LogP contribution in [0.5, 0.6) is 0 Å². The Hall–Kier alpha value is -4.57. The van der Waals surface area contributed by atoms with Gasteiger partial charge >= 0.3 is 11.9 Å². The maximum atomic E-state index is 12.9. The highest BCUT2D eigenvalue weighted by Gasteiger charge is 2.22. The zero-order chi connectivity index (χ0) is 64.7. The third-order valence-electron chi connectivity index (χ3n) is 15.4. The van der Waals surface area contributed by atoms with Crippen LogP contribution in [-0.2, 0) is 33.3 Å². The second-order valence-electron chi connectivity index (χ2n) is 25.1. The fourth-order valence-electron chi connectivity index (χ4n) is 9.92. The van der Waals surface area contributed by atoms with Gasteiger partial charge in [0.05, 0.1) is 40.3 Å². The number of quaternary nitrogens is 1. The van der Waals surface area contributed by atoms with Crippen LogP contribution in [0.2, 0.25) is 0 Å². The lowest BCUT2D eigenvalue weighted by Gasteiger charge is -2.26. The van der Waals surface area contributed by atoms with Crippen LogP contribution in [0.3, 0.4) is 0 Å². The van der Waals surface area contributed by atoms with Gasteiger partial charge in [-0.2, -0.15) is 0 Å². The number of carbonyl (C=O) groups is 3. The Labute approximate surface area is 548 Å². The number of nitrogens with zero attached hydrogens (tertiary/aromatic N) is 1. The zero-order valence-corrected chi connectivity index (χ0v) is 58.0. The molecule has 0 aromatic carbocycles. The minimum absolute atomic E-state index is 0.142. The van der Waals surface area contributed by atoms with Crippen LogP contribution in [-0.4, -0.2) is 82.3 Å². The van der Waals surface area contributed by atoms with Crippen LogP contribution in [0.1, 0.15) is 296 Å². The van der Waals surface area contributed by atoms with Crippen molar-refractivity contribution in [1.29, 1.82) is 0 Å². The first-order chi connectivity index (χ1) is 43.6. The monoisotopic (exact) mass is 1240 g/mol. The quantitative estimate of drug-likeness (QED) is 0.0195. The smallest absolute Gasteiger partial charge is 0.306 e. The van der Waals surface area contributed by atoms with Crippen molar-refractivity contribution in [2.24, 2.45) is 0 Å². The van der Waals surface area contributed by atoms with E-state index in [-0.39, 0.29) is 38.6 Å². The highest BCUT2D eigenvalue weighted by atomic mass is 16.7. The number of hydrogen-bond acceptors (Lipinski definition) is 8. The molecule has 89 heavy (non-hydrogen) atoms. The summed E-state index contributed by atoms with van der Waals surface area (Å²) in [5, 5.41) is 11.8. The molecule has 0 N–H and O–H groups in total. The van der Waals surface area contributed by atoms with Crippen LogP contribution < -0.4 is 5.11 Å². The van der Waals surface area contributed by atoms with Crippen molar-refractivity contribution in [2.45, 2.75) is 309 Å². The number of carboxylic acids is 1. The molecule has 9 nitrogen and oxygen atoms in total. The molecule has 0 aliphatic rings. The van der Waals surface area contributed by atoms with Gasteiger partial charge in [0.1, 0.15) is 13.2 Å². The predicted molar refractivity (Wildman–Crippen MR) is 379 cm³/mol. The van der Waals surface area contributed by atoms with Crippen molar-refractivity contribution in [3.05, 3.63) is 134 Å². The molecule has 508 valence electrons. The van der Waals surface area contributed by atoms with E-state index in [0.717, 1.165) is 116 Å². The van der Waals surface area contributed by atoms with Crippen molar-refractivity contribution in [1.82, 2.24) is 0 Å². The number of ether oxygens (including phenoxy) is 4. The summed E-state index contributed by atoms with van der Waals surface area (Å²) in [7, 11) is 5.93. The Morgan fingerprint density at radius 1 is 0.337 bits per heavy atom. The van der Waals surface area contributed by atoms with Crippen LogP contribution >= 0.6 is 0 Å². The maximum Gasteiger partial charge on any atom is 0.306 e. The molecule has 0 rings (SSSR count). The Bertz CT molecular complexity index is 1930. The van der Waals surface area contributed by atoms with Crippen molar-refractivity contribution < 1.29 is 42.9 Å². The SMILES string of the molecule is CC/C=C\C/C=C\C/C=C\C/C=C\C/C=C\C/C=C\CCCCCCCCCCCCC(=O)OC(COC(=O)CCCCCCCCCCCCCCCCCCCCC/C=C\C/C=C\C/C=C\C/C=C\C/C=C\CC)COC(OCC[N+](C)(C)C)C(=O)[O-]. The number of hydrogen-bond donors (Lipinski definition) is 0. The number of aliphatic carboxylic acids is 1. The van der Waals surface area contributed by atoms with Gasteiger partial charge in [-0.1, -0.05) is 308 Å². The first-order valence-corrected chi connectivity index (χ1v) is 36.3. The van der Waals surface area contributed by atoms with Crippen molar-refractivity contribution in [3.63, 3.8) is 0 Å². The van der Waals surface area contributed by atoms with E-state index in [1.807, 2.05) is 21.1 Å². The molecule has 0 bridgehead atoms. The van der Waals surface area contributed by atoms with Gasteiger partial charge in [0.25, 0.3) is 0 Å². The average Bonchev–Trinajstić information content (AvgIpc) is 3.71. The van der Waals surface area contributed by atoms with Gasteiger partial charge in [0, 0.05) is 12.8 Å². The third kappa shape index (κ3) is 70.7. The zero-order valence-electron chi connectivity index (χ0n) is 58.0. The Kier molecular flexibility index (Phi) is 65.8. The maximum absolute atomic E-state index is 12.9. The molecule has 0 saturated carbocycles. The lowest BCUT2D eigenvalue weighted by Crippen LogP contribution is -2.44. The Balaban J connectivity index is 4.10. The van der Waals surface area contributed by atoms with Crippen LogP contribution in [0.25, 0.3) is 0 Å². The molecular weight excluding hydrogens is 1100 g/mol. The Morgan fingerprint density at radius 2 is 0.607 bits per heavy atom. The third-order valence-corrected chi connectivity index (χ3v) is 15.4. The van der Waals surface area contributed by atoms with Gasteiger partial charge in [-0.15, -0.1) is 0 Å². The molecule has 0 heterocycles. The number of allylic oxidation sites excluding steroid dienone is 22. The molecule has 0 fully saturated rings. The highest BCUT2D eigenvalue weighted by molar-refractivity contribution is 5.70. The van der Waals surface area contributed by atoms with E-state index in [9.17, 15) is 19.5 Å². The normalized spacial score (nSPS) is 13.5. The average molecular weight is 1240 g/mol. The van der Waals surface area contributed by atoms with E-state index in [1.165, 1.54) is 148 Å². The molecule has 0 aromatic heterocycles. The summed E-state index contributed by atoms with van der Waals surface area (Å²) in [5.41, 5.74) is 0. The summed E-state index contributed by atoms with van der Waals surface area (Å²) in [6, 6.07) is 0. The molecule has 0 amide bonds. The number of rotatable bonds is 66. The molecule has 9 heteroatoms. The summed E-state index contributed by atoms with van der Waals surface area (Å²) < 4.78 is 22.8. The molecule has 0 aliphatic carbocycles. The molecule has 0 aromatic rings. The van der Waals surface area contributed by atoms with Crippen molar-refractivity contribution >= 4 is 17.9 Å². The fraction of sp³-hybridized carbons (Fsp3) is 0.688. The molecular formula is C80H135NO8. The number of likely N-dealkylation sites (N-methyl/N-ethyl adjacent to an activating group) is 1.